The minimum Gasteiger partial charge on any atom is -0.462 e. The van der Waals surface area contributed by atoms with Gasteiger partial charge >= 0.3 is 18.2 Å². The SMILES string of the molecule is CCOC(=O)c1cnn(-c2ccc(C(=O)Nc3ccc(N(C)C(=O)OC)cc3)cc2)c1C(F)(F)F. The Balaban J connectivity index is 1.79. The lowest BCUT2D eigenvalue weighted by molar-refractivity contribution is -0.143. The molecule has 0 aliphatic rings. The fourth-order valence-corrected chi connectivity index (χ4v) is 3.14. The average molecular weight is 490 g/mol. The second-order valence-electron chi connectivity index (χ2n) is 7.11. The lowest BCUT2D eigenvalue weighted by Gasteiger charge is -2.16. The minimum absolute atomic E-state index is 0.000348. The Bertz CT molecular complexity index is 1220. The van der Waals surface area contributed by atoms with Gasteiger partial charge in [-0.05, 0) is 55.5 Å². The predicted molar refractivity (Wildman–Crippen MR) is 120 cm³/mol. The molecule has 0 saturated heterocycles. The number of amides is 2. The third-order valence-electron chi connectivity index (χ3n) is 4.87. The van der Waals surface area contributed by atoms with Crippen LogP contribution < -0.4 is 10.2 Å². The van der Waals surface area contributed by atoms with Crippen molar-refractivity contribution >= 4 is 29.3 Å². The van der Waals surface area contributed by atoms with Gasteiger partial charge in [-0.1, -0.05) is 0 Å². The van der Waals surface area contributed by atoms with E-state index in [0.29, 0.717) is 16.1 Å². The molecule has 184 valence electrons. The van der Waals surface area contributed by atoms with E-state index < -0.39 is 35.4 Å². The summed E-state index contributed by atoms with van der Waals surface area (Å²) >= 11 is 0. The second kappa shape index (κ2) is 10.3. The highest BCUT2D eigenvalue weighted by molar-refractivity contribution is 6.04. The molecular formula is C23H21F3N4O5. The quantitative estimate of drug-likeness (QED) is 0.510. The zero-order chi connectivity index (χ0) is 25.8. The number of halogens is 3. The standard InChI is InChI=1S/C23H21F3N4O5/c1-4-35-21(32)18-13-27-30(19(18)23(24,25)26)17-9-5-14(6-10-17)20(31)28-15-7-11-16(12-8-15)29(2)22(33)34-3/h5-13H,4H2,1-3H3,(H,28,31). The van der Waals surface area contributed by atoms with Gasteiger partial charge in [0.1, 0.15) is 5.56 Å². The van der Waals surface area contributed by atoms with Gasteiger partial charge in [0.05, 0.1) is 25.6 Å². The topological polar surface area (TPSA) is 103 Å². The normalized spacial score (nSPS) is 11.0. The number of anilines is 2. The van der Waals surface area contributed by atoms with Crippen LogP contribution in [0, 0.1) is 0 Å². The number of hydrogen-bond acceptors (Lipinski definition) is 6. The average Bonchev–Trinajstić information content (AvgIpc) is 3.30. The van der Waals surface area contributed by atoms with E-state index in [1.165, 1.54) is 50.2 Å². The van der Waals surface area contributed by atoms with E-state index in [1.54, 1.807) is 24.3 Å². The van der Waals surface area contributed by atoms with Crippen molar-refractivity contribution in [3.05, 3.63) is 71.5 Å². The van der Waals surface area contributed by atoms with Gasteiger partial charge in [0.25, 0.3) is 5.91 Å². The number of nitrogens with one attached hydrogen (secondary N) is 1. The molecule has 1 aromatic heterocycles. The molecule has 3 rings (SSSR count). The van der Waals surface area contributed by atoms with Crippen molar-refractivity contribution in [3.63, 3.8) is 0 Å². The number of ether oxygens (including phenoxy) is 2. The molecule has 2 aromatic carbocycles. The van der Waals surface area contributed by atoms with Crippen molar-refractivity contribution in [1.82, 2.24) is 9.78 Å². The summed E-state index contributed by atoms with van der Waals surface area (Å²) in [6.07, 6.45) is -4.63. The molecular weight excluding hydrogens is 469 g/mol. The predicted octanol–water partition coefficient (Wildman–Crippen LogP) is 4.52. The summed E-state index contributed by atoms with van der Waals surface area (Å²) in [6.45, 7) is 1.39. The summed E-state index contributed by atoms with van der Waals surface area (Å²) in [7, 11) is 2.79. The maximum Gasteiger partial charge on any atom is 0.434 e. The molecule has 35 heavy (non-hydrogen) atoms. The van der Waals surface area contributed by atoms with Gasteiger partial charge in [-0.3, -0.25) is 9.69 Å². The van der Waals surface area contributed by atoms with Crippen molar-refractivity contribution in [1.29, 1.82) is 0 Å². The van der Waals surface area contributed by atoms with Gasteiger partial charge in [0.2, 0.25) is 0 Å². The highest BCUT2D eigenvalue weighted by Gasteiger charge is 2.41. The van der Waals surface area contributed by atoms with Crippen LogP contribution in [0.2, 0.25) is 0 Å². The van der Waals surface area contributed by atoms with Crippen LogP contribution in [-0.2, 0) is 15.7 Å². The van der Waals surface area contributed by atoms with E-state index in [0.717, 1.165) is 6.20 Å². The number of esters is 1. The number of aromatic nitrogens is 2. The van der Waals surface area contributed by atoms with Crippen LogP contribution >= 0.6 is 0 Å². The molecule has 0 spiro atoms. The molecule has 9 nitrogen and oxygen atoms in total. The van der Waals surface area contributed by atoms with Crippen LogP contribution in [0.5, 0.6) is 0 Å². The maximum absolute atomic E-state index is 13.7. The Kier molecular flexibility index (Phi) is 7.43. The van der Waals surface area contributed by atoms with Crippen LogP contribution in [0.25, 0.3) is 5.69 Å². The summed E-state index contributed by atoms with van der Waals surface area (Å²) in [5.41, 5.74) is -0.823. The molecule has 0 atom stereocenters. The van der Waals surface area contributed by atoms with Gasteiger partial charge in [-0.2, -0.15) is 18.3 Å². The third-order valence-corrected chi connectivity index (χ3v) is 4.87. The molecule has 0 aliphatic carbocycles. The first-order valence-electron chi connectivity index (χ1n) is 10.2. The summed E-state index contributed by atoms with van der Waals surface area (Å²) in [6, 6.07) is 11.6. The number of benzene rings is 2. The van der Waals surface area contributed by atoms with Gasteiger partial charge in [-0.25, -0.2) is 14.3 Å². The Labute approximate surface area is 198 Å². The smallest absolute Gasteiger partial charge is 0.434 e. The first-order valence-corrected chi connectivity index (χ1v) is 10.2. The van der Waals surface area contributed by atoms with Gasteiger partial charge in [0, 0.05) is 24.0 Å². The van der Waals surface area contributed by atoms with Crippen LogP contribution in [0.3, 0.4) is 0 Å². The van der Waals surface area contributed by atoms with E-state index in [9.17, 15) is 27.6 Å². The van der Waals surface area contributed by atoms with Crippen molar-refractivity contribution in [2.24, 2.45) is 0 Å². The van der Waals surface area contributed by atoms with Gasteiger partial charge in [-0.15, -0.1) is 0 Å². The largest absolute Gasteiger partial charge is 0.462 e. The van der Waals surface area contributed by atoms with Crippen LogP contribution in [0.4, 0.5) is 29.3 Å². The first-order chi connectivity index (χ1) is 16.6. The lowest BCUT2D eigenvalue weighted by atomic mass is 10.1. The Hall–Kier alpha value is -4.35. The highest BCUT2D eigenvalue weighted by Crippen LogP contribution is 2.34. The number of carbonyl (C=O) groups excluding carboxylic acids is 3. The fraction of sp³-hybridized carbons (Fsp3) is 0.217. The highest BCUT2D eigenvalue weighted by atomic mass is 19.4. The van der Waals surface area contributed by atoms with E-state index in [2.05, 4.69) is 19.9 Å². The number of hydrogen-bond donors (Lipinski definition) is 1. The Morgan fingerprint density at radius 3 is 2.23 bits per heavy atom. The molecule has 0 bridgehead atoms. The van der Waals surface area contributed by atoms with Crippen LogP contribution in [0.1, 0.15) is 33.3 Å². The van der Waals surface area contributed by atoms with Crippen molar-refractivity contribution in [3.8, 4) is 5.69 Å². The maximum atomic E-state index is 13.7. The Morgan fingerprint density at radius 1 is 1.06 bits per heavy atom. The number of nitrogens with zero attached hydrogens (tertiary/aromatic N) is 3. The molecule has 0 saturated carbocycles. The summed E-state index contributed by atoms with van der Waals surface area (Å²) in [4.78, 5) is 37.3. The van der Waals surface area contributed by atoms with E-state index in [-0.39, 0.29) is 17.9 Å². The molecule has 0 aliphatic heterocycles. The molecule has 1 N–H and O–H groups in total. The van der Waals surface area contributed by atoms with Crippen molar-refractivity contribution in [2.45, 2.75) is 13.1 Å². The molecule has 0 unspecified atom stereocenters. The molecule has 0 radical (unpaired) electrons. The Morgan fingerprint density at radius 2 is 1.69 bits per heavy atom. The first kappa shape index (κ1) is 25.3. The van der Waals surface area contributed by atoms with Crippen molar-refractivity contribution < 1.29 is 37.0 Å². The fourth-order valence-electron chi connectivity index (χ4n) is 3.14. The van der Waals surface area contributed by atoms with E-state index in [4.69, 9.17) is 0 Å². The van der Waals surface area contributed by atoms with Crippen LogP contribution in [0.15, 0.2) is 54.7 Å². The van der Waals surface area contributed by atoms with Gasteiger partial charge in [0.15, 0.2) is 5.69 Å². The number of rotatable bonds is 6. The van der Waals surface area contributed by atoms with E-state index in [1.807, 2.05) is 0 Å². The number of alkyl halides is 3. The molecule has 1 heterocycles. The minimum atomic E-state index is -4.87. The molecule has 2 amide bonds. The summed E-state index contributed by atoms with van der Waals surface area (Å²) in [5, 5.41) is 6.36. The molecule has 3 aromatic rings. The third kappa shape index (κ3) is 5.60. The van der Waals surface area contributed by atoms with Crippen LogP contribution in [-0.4, -0.2) is 48.5 Å². The summed E-state index contributed by atoms with van der Waals surface area (Å²) in [5.74, 6) is -1.64. The van der Waals surface area contributed by atoms with E-state index >= 15 is 0 Å². The monoisotopic (exact) mass is 490 g/mol. The summed E-state index contributed by atoms with van der Waals surface area (Å²) < 4.78 is 50.9. The molecule has 12 heteroatoms. The van der Waals surface area contributed by atoms with Crippen molar-refractivity contribution in [2.75, 3.05) is 31.0 Å². The number of methoxy groups -OCH3 is 1. The zero-order valence-corrected chi connectivity index (χ0v) is 18.9. The zero-order valence-electron chi connectivity index (χ0n) is 18.9. The van der Waals surface area contributed by atoms with Gasteiger partial charge < -0.3 is 14.8 Å². The number of carbonyl (C=O) groups is 3. The lowest BCUT2D eigenvalue weighted by Crippen LogP contribution is -2.25. The second-order valence-corrected chi connectivity index (χ2v) is 7.11. The molecule has 0 fully saturated rings.